The minimum atomic E-state index is -0.464. The summed E-state index contributed by atoms with van der Waals surface area (Å²) in [7, 11) is 1.51. The maximum Gasteiger partial charge on any atom is 0.355 e. The number of ether oxygens (including phenoxy) is 2. The van der Waals surface area contributed by atoms with Crippen molar-refractivity contribution < 1.29 is 19.1 Å². The molecule has 2 aromatic rings. The summed E-state index contributed by atoms with van der Waals surface area (Å²) in [5, 5.41) is 0. The lowest BCUT2D eigenvalue weighted by molar-refractivity contribution is 0.0519. The number of aromatic amines is 1. The summed E-state index contributed by atoms with van der Waals surface area (Å²) in [6.45, 7) is 5.50. The highest BCUT2D eigenvalue weighted by molar-refractivity contribution is 9.10. The Balaban J connectivity index is 2.53. The van der Waals surface area contributed by atoms with Gasteiger partial charge in [0, 0.05) is 15.7 Å². The second kappa shape index (κ2) is 7.00. The van der Waals surface area contributed by atoms with E-state index in [0.29, 0.717) is 33.8 Å². The molecule has 1 aromatic carbocycles. The lowest BCUT2D eigenvalue weighted by Crippen LogP contribution is -2.08. The third-order valence-electron chi connectivity index (χ3n) is 3.55. The van der Waals surface area contributed by atoms with Crippen LogP contribution in [0.1, 0.15) is 44.6 Å². The van der Waals surface area contributed by atoms with Crippen LogP contribution < -0.4 is 4.74 Å². The molecule has 0 aliphatic carbocycles. The van der Waals surface area contributed by atoms with Gasteiger partial charge in [0.05, 0.1) is 19.3 Å². The number of rotatable bonds is 5. The Kier molecular flexibility index (Phi) is 5.26. The van der Waals surface area contributed by atoms with Crippen LogP contribution >= 0.6 is 15.9 Å². The van der Waals surface area contributed by atoms with Gasteiger partial charge in [-0.2, -0.15) is 0 Å². The van der Waals surface area contributed by atoms with Gasteiger partial charge in [0.25, 0.3) is 0 Å². The Morgan fingerprint density at radius 3 is 2.57 bits per heavy atom. The van der Waals surface area contributed by atoms with Gasteiger partial charge < -0.3 is 14.5 Å². The molecule has 0 aliphatic rings. The lowest BCUT2D eigenvalue weighted by atomic mass is 9.99. The maximum atomic E-state index is 12.9. The molecular formula is C17H18BrNO4. The van der Waals surface area contributed by atoms with Gasteiger partial charge in [-0.1, -0.05) is 15.9 Å². The first-order valence-electron chi connectivity index (χ1n) is 7.15. The number of H-pyrrole nitrogens is 1. The molecule has 0 aliphatic heterocycles. The Bertz CT molecular complexity index is 764. The molecule has 0 radical (unpaired) electrons. The van der Waals surface area contributed by atoms with Gasteiger partial charge in [0.2, 0.25) is 0 Å². The van der Waals surface area contributed by atoms with Crippen LogP contribution in [0, 0.1) is 13.8 Å². The van der Waals surface area contributed by atoms with E-state index in [2.05, 4.69) is 20.9 Å². The molecule has 0 bridgehead atoms. The smallest absolute Gasteiger partial charge is 0.355 e. The van der Waals surface area contributed by atoms with Gasteiger partial charge in [-0.15, -0.1) is 0 Å². The highest BCUT2D eigenvalue weighted by atomic mass is 79.9. The minimum Gasteiger partial charge on any atom is -0.496 e. The van der Waals surface area contributed by atoms with E-state index in [1.54, 1.807) is 39.0 Å². The van der Waals surface area contributed by atoms with E-state index in [1.165, 1.54) is 7.11 Å². The molecule has 6 heteroatoms. The Morgan fingerprint density at radius 2 is 1.96 bits per heavy atom. The van der Waals surface area contributed by atoms with Crippen LogP contribution in [0.2, 0.25) is 0 Å². The van der Waals surface area contributed by atoms with E-state index in [1.807, 2.05) is 0 Å². The second-order valence-corrected chi connectivity index (χ2v) is 5.93. The van der Waals surface area contributed by atoms with Crippen LogP contribution in [-0.2, 0) is 4.74 Å². The van der Waals surface area contributed by atoms with Crippen molar-refractivity contribution in [1.82, 2.24) is 4.98 Å². The number of aromatic nitrogens is 1. The van der Waals surface area contributed by atoms with E-state index in [-0.39, 0.29) is 12.4 Å². The molecule has 122 valence electrons. The molecule has 0 fully saturated rings. The van der Waals surface area contributed by atoms with E-state index < -0.39 is 5.97 Å². The first-order chi connectivity index (χ1) is 10.9. The third-order valence-corrected chi connectivity index (χ3v) is 4.04. The fraction of sp³-hybridized carbons (Fsp3) is 0.294. The van der Waals surface area contributed by atoms with E-state index in [9.17, 15) is 9.59 Å². The average Bonchev–Trinajstić information content (AvgIpc) is 2.81. The molecule has 0 unspecified atom stereocenters. The summed E-state index contributed by atoms with van der Waals surface area (Å²) in [5.74, 6) is -0.186. The van der Waals surface area contributed by atoms with Gasteiger partial charge in [-0.3, -0.25) is 4.79 Å². The topological polar surface area (TPSA) is 68.4 Å². The molecule has 1 N–H and O–H groups in total. The van der Waals surface area contributed by atoms with Gasteiger partial charge in [0.15, 0.2) is 5.78 Å². The second-order valence-electron chi connectivity index (χ2n) is 5.02. The Morgan fingerprint density at radius 1 is 1.26 bits per heavy atom. The summed E-state index contributed by atoms with van der Waals surface area (Å²) in [6.07, 6.45) is 0. The molecule has 0 saturated heterocycles. The van der Waals surface area contributed by atoms with Crippen LogP contribution in [-0.4, -0.2) is 30.5 Å². The number of carbonyl (C=O) groups excluding carboxylic acids is 2. The van der Waals surface area contributed by atoms with Crippen molar-refractivity contribution in [2.75, 3.05) is 13.7 Å². The Labute approximate surface area is 143 Å². The molecule has 23 heavy (non-hydrogen) atoms. The van der Waals surface area contributed by atoms with Crippen molar-refractivity contribution in [3.05, 3.63) is 50.8 Å². The zero-order valence-electron chi connectivity index (χ0n) is 13.5. The Hall–Kier alpha value is -2.08. The monoisotopic (exact) mass is 379 g/mol. The zero-order valence-corrected chi connectivity index (χ0v) is 15.0. The zero-order chi connectivity index (χ0) is 17.1. The predicted octanol–water partition coefficient (Wildman–Crippen LogP) is 3.81. The molecule has 1 heterocycles. The number of methoxy groups -OCH3 is 1. The fourth-order valence-corrected chi connectivity index (χ4v) is 2.85. The largest absolute Gasteiger partial charge is 0.496 e. The number of hydrogen-bond donors (Lipinski definition) is 1. The van der Waals surface area contributed by atoms with Gasteiger partial charge in [-0.05, 0) is 44.5 Å². The summed E-state index contributed by atoms with van der Waals surface area (Å²) in [6, 6.07) is 5.23. The summed E-state index contributed by atoms with van der Waals surface area (Å²) in [5.41, 5.74) is 2.40. The molecule has 0 amide bonds. The van der Waals surface area contributed by atoms with Crippen molar-refractivity contribution in [1.29, 1.82) is 0 Å². The number of aryl methyl sites for hydroxylation is 1. The van der Waals surface area contributed by atoms with Crippen LogP contribution in [0.3, 0.4) is 0 Å². The van der Waals surface area contributed by atoms with Crippen molar-refractivity contribution in [3.8, 4) is 5.75 Å². The average molecular weight is 380 g/mol. The minimum absolute atomic E-state index is 0.204. The molecule has 1 aromatic heterocycles. The normalized spacial score (nSPS) is 10.5. The number of carbonyl (C=O) groups is 2. The quantitative estimate of drug-likeness (QED) is 0.633. The summed E-state index contributed by atoms with van der Waals surface area (Å²) in [4.78, 5) is 27.9. The van der Waals surface area contributed by atoms with Crippen molar-refractivity contribution >= 4 is 27.7 Å². The highest BCUT2D eigenvalue weighted by Crippen LogP contribution is 2.29. The van der Waals surface area contributed by atoms with Crippen molar-refractivity contribution in [2.24, 2.45) is 0 Å². The first kappa shape index (κ1) is 17.3. The van der Waals surface area contributed by atoms with Crippen LogP contribution in [0.4, 0.5) is 0 Å². The molecule has 5 nitrogen and oxygen atoms in total. The van der Waals surface area contributed by atoms with E-state index in [0.717, 1.165) is 4.47 Å². The number of nitrogens with one attached hydrogen (secondary N) is 1. The number of ketones is 1. The molecule has 0 saturated carbocycles. The number of benzene rings is 1. The van der Waals surface area contributed by atoms with Crippen LogP contribution in [0.5, 0.6) is 5.75 Å². The number of halogens is 1. The van der Waals surface area contributed by atoms with Crippen molar-refractivity contribution in [2.45, 2.75) is 20.8 Å². The predicted molar refractivity (Wildman–Crippen MR) is 90.3 cm³/mol. The third kappa shape index (κ3) is 3.32. The molecule has 0 spiro atoms. The fourth-order valence-electron chi connectivity index (χ4n) is 2.49. The molecular weight excluding hydrogens is 362 g/mol. The summed E-state index contributed by atoms with van der Waals surface area (Å²) >= 11 is 3.36. The number of hydrogen-bond acceptors (Lipinski definition) is 4. The first-order valence-corrected chi connectivity index (χ1v) is 7.94. The molecule has 0 atom stereocenters. The lowest BCUT2D eigenvalue weighted by Gasteiger charge is -2.09. The highest BCUT2D eigenvalue weighted by Gasteiger charge is 2.25. The molecule has 2 rings (SSSR count). The van der Waals surface area contributed by atoms with Crippen LogP contribution in [0.25, 0.3) is 0 Å². The van der Waals surface area contributed by atoms with Gasteiger partial charge >= 0.3 is 5.97 Å². The van der Waals surface area contributed by atoms with E-state index >= 15 is 0 Å². The van der Waals surface area contributed by atoms with Crippen molar-refractivity contribution in [3.63, 3.8) is 0 Å². The van der Waals surface area contributed by atoms with Crippen LogP contribution in [0.15, 0.2) is 22.7 Å². The van der Waals surface area contributed by atoms with Gasteiger partial charge in [-0.25, -0.2) is 4.79 Å². The maximum absolute atomic E-state index is 12.9. The number of esters is 1. The standard InChI is InChI=1S/C17H18BrNO4/c1-5-23-17(21)15-9(2)14(10(3)19-15)16(20)12-8-11(18)6-7-13(12)22-4/h6-8,19H,5H2,1-4H3. The van der Waals surface area contributed by atoms with Gasteiger partial charge in [0.1, 0.15) is 11.4 Å². The SMILES string of the molecule is CCOC(=O)c1[nH]c(C)c(C(=O)c2cc(Br)ccc2OC)c1C. The summed E-state index contributed by atoms with van der Waals surface area (Å²) < 4.78 is 11.1. The van der Waals surface area contributed by atoms with E-state index in [4.69, 9.17) is 9.47 Å².